The third kappa shape index (κ3) is 3.21. The summed E-state index contributed by atoms with van der Waals surface area (Å²) in [4.78, 5) is 32.8. The lowest BCUT2D eigenvalue weighted by molar-refractivity contribution is -0.112. The summed E-state index contributed by atoms with van der Waals surface area (Å²) in [5.41, 5.74) is 1.62. The van der Waals surface area contributed by atoms with E-state index in [0.717, 1.165) is 10.9 Å². The molecule has 0 saturated heterocycles. The van der Waals surface area contributed by atoms with Crippen LogP contribution >= 0.6 is 0 Å². The Kier molecular flexibility index (Phi) is 4.47. The van der Waals surface area contributed by atoms with E-state index in [-0.39, 0.29) is 12.1 Å². The number of rotatable bonds is 5. The van der Waals surface area contributed by atoms with E-state index >= 15 is 0 Å². The predicted octanol–water partition coefficient (Wildman–Crippen LogP) is 2.84. The number of ketones is 1. The van der Waals surface area contributed by atoms with E-state index < -0.39 is 11.7 Å². The van der Waals surface area contributed by atoms with Crippen LogP contribution in [0.2, 0.25) is 0 Å². The monoisotopic (exact) mass is 338 g/mol. The van der Waals surface area contributed by atoms with E-state index in [9.17, 15) is 9.59 Å². The molecule has 2 aromatic heterocycles. The fourth-order valence-corrected chi connectivity index (χ4v) is 2.61. The second-order valence-electron chi connectivity index (χ2n) is 5.80. The molecule has 128 valence electrons. The molecule has 1 aromatic carbocycles. The molecule has 3 aromatic rings. The number of carbonyl (C=O) groups excluding carboxylic acids is 2. The average Bonchev–Trinajstić information content (AvgIpc) is 3.01. The molecule has 1 N–H and O–H groups in total. The summed E-state index contributed by atoms with van der Waals surface area (Å²) in [6, 6.07) is 7.88. The smallest absolute Gasteiger partial charge is 0.316 e. The van der Waals surface area contributed by atoms with Crippen LogP contribution in [0.5, 0.6) is 6.01 Å². The molecule has 0 fully saturated rings. The molecule has 0 aliphatic rings. The van der Waals surface area contributed by atoms with Crippen LogP contribution in [0.4, 0.5) is 5.69 Å². The number of hydrogen-bond acceptors (Lipinski definition) is 5. The van der Waals surface area contributed by atoms with E-state index in [2.05, 4.69) is 15.3 Å². The van der Waals surface area contributed by atoms with E-state index in [1.807, 2.05) is 42.7 Å². The Labute approximate surface area is 144 Å². The molecule has 0 saturated carbocycles. The SMILES string of the molecule is COc1ncc(NC(=O)C(=O)c2cn(C(C)C)c3ccccc23)cn1. The zero-order valence-electron chi connectivity index (χ0n) is 14.2. The summed E-state index contributed by atoms with van der Waals surface area (Å²) in [6.45, 7) is 4.05. The topological polar surface area (TPSA) is 86.1 Å². The maximum absolute atomic E-state index is 12.6. The molecule has 0 bridgehead atoms. The number of para-hydroxylation sites is 1. The second kappa shape index (κ2) is 6.72. The van der Waals surface area contributed by atoms with Crippen LogP contribution in [-0.2, 0) is 4.79 Å². The Hall–Kier alpha value is -3.22. The fourth-order valence-electron chi connectivity index (χ4n) is 2.61. The normalized spacial score (nSPS) is 10.9. The zero-order chi connectivity index (χ0) is 18.0. The van der Waals surface area contributed by atoms with Crippen molar-refractivity contribution in [3.05, 3.63) is 48.4 Å². The first-order valence-electron chi connectivity index (χ1n) is 7.82. The lowest BCUT2D eigenvalue weighted by atomic mass is 10.1. The van der Waals surface area contributed by atoms with Crippen molar-refractivity contribution in [3.63, 3.8) is 0 Å². The van der Waals surface area contributed by atoms with Gasteiger partial charge in [-0.15, -0.1) is 0 Å². The minimum Gasteiger partial charge on any atom is -0.467 e. The number of anilines is 1. The Morgan fingerprint density at radius 2 is 1.84 bits per heavy atom. The molecule has 0 aliphatic heterocycles. The van der Waals surface area contributed by atoms with Crippen LogP contribution in [0, 0.1) is 0 Å². The summed E-state index contributed by atoms with van der Waals surface area (Å²) >= 11 is 0. The molecule has 1 amide bonds. The van der Waals surface area contributed by atoms with Crippen LogP contribution in [0.25, 0.3) is 10.9 Å². The Morgan fingerprint density at radius 3 is 2.48 bits per heavy atom. The van der Waals surface area contributed by atoms with Gasteiger partial charge in [0.2, 0.25) is 0 Å². The Morgan fingerprint density at radius 1 is 1.16 bits per heavy atom. The lowest BCUT2D eigenvalue weighted by Gasteiger charge is -2.08. The Bertz CT molecular complexity index is 929. The van der Waals surface area contributed by atoms with Gasteiger partial charge in [-0.25, -0.2) is 9.97 Å². The van der Waals surface area contributed by atoms with Crippen molar-refractivity contribution in [1.82, 2.24) is 14.5 Å². The number of nitrogens with zero attached hydrogens (tertiary/aromatic N) is 3. The quantitative estimate of drug-likeness (QED) is 0.571. The van der Waals surface area contributed by atoms with Gasteiger partial charge in [-0.3, -0.25) is 9.59 Å². The molecule has 0 spiro atoms. The molecule has 0 aliphatic carbocycles. The van der Waals surface area contributed by atoms with E-state index in [4.69, 9.17) is 4.74 Å². The van der Waals surface area contributed by atoms with Gasteiger partial charge < -0.3 is 14.6 Å². The number of fused-ring (bicyclic) bond motifs is 1. The van der Waals surface area contributed by atoms with Gasteiger partial charge in [0.05, 0.1) is 30.8 Å². The van der Waals surface area contributed by atoms with Gasteiger partial charge in [-0.2, -0.15) is 0 Å². The van der Waals surface area contributed by atoms with Gasteiger partial charge in [0.15, 0.2) is 0 Å². The molecule has 25 heavy (non-hydrogen) atoms. The summed E-state index contributed by atoms with van der Waals surface area (Å²) in [7, 11) is 1.45. The van der Waals surface area contributed by atoms with Gasteiger partial charge in [0, 0.05) is 23.1 Å². The first kappa shape index (κ1) is 16.6. The van der Waals surface area contributed by atoms with Gasteiger partial charge in [-0.1, -0.05) is 18.2 Å². The van der Waals surface area contributed by atoms with Crippen LogP contribution in [0.1, 0.15) is 30.2 Å². The van der Waals surface area contributed by atoms with E-state index in [0.29, 0.717) is 11.3 Å². The molecular formula is C18H18N4O3. The number of amides is 1. The first-order valence-corrected chi connectivity index (χ1v) is 7.82. The number of methoxy groups -OCH3 is 1. The van der Waals surface area contributed by atoms with Crippen molar-refractivity contribution in [3.8, 4) is 6.01 Å². The molecule has 2 heterocycles. The maximum Gasteiger partial charge on any atom is 0.316 e. The number of hydrogen-bond donors (Lipinski definition) is 1. The van der Waals surface area contributed by atoms with E-state index in [1.165, 1.54) is 19.5 Å². The maximum atomic E-state index is 12.6. The van der Waals surface area contributed by atoms with Crippen molar-refractivity contribution < 1.29 is 14.3 Å². The first-order chi connectivity index (χ1) is 12.0. The van der Waals surface area contributed by atoms with Gasteiger partial charge in [-0.05, 0) is 19.9 Å². The number of benzene rings is 1. The van der Waals surface area contributed by atoms with E-state index in [1.54, 1.807) is 6.20 Å². The number of carbonyl (C=O) groups is 2. The van der Waals surface area contributed by atoms with Crippen LogP contribution < -0.4 is 10.1 Å². The fraction of sp³-hybridized carbons (Fsp3) is 0.222. The van der Waals surface area contributed by atoms with Crippen molar-refractivity contribution >= 4 is 28.3 Å². The van der Waals surface area contributed by atoms with Crippen LogP contribution in [-0.4, -0.2) is 33.3 Å². The summed E-state index contributed by atoms with van der Waals surface area (Å²) in [5, 5.41) is 3.27. The van der Waals surface area contributed by atoms with Crippen molar-refractivity contribution in [2.75, 3.05) is 12.4 Å². The summed E-state index contributed by atoms with van der Waals surface area (Å²) < 4.78 is 6.84. The molecule has 7 heteroatoms. The van der Waals surface area contributed by atoms with Gasteiger partial charge >= 0.3 is 6.01 Å². The highest BCUT2D eigenvalue weighted by molar-refractivity contribution is 6.48. The molecule has 0 unspecified atom stereocenters. The number of nitrogens with one attached hydrogen (secondary N) is 1. The largest absolute Gasteiger partial charge is 0.467 e. The van der Waals surface area contributed by atoms with Gasteiger partial charge in [0.1, 0.15) is 0 Å². The third-order valence-electron chi connectivity index (χ3n) is 3.82. The lowest BCUT2D eigenvalue weighted by Crippen LogP contribution is -2.23. The highest BCUT2D eigenvalue weighted by Gasteiger charge is 2.22. The standard InChI is InChI=1S/C18H18N4O3/c1-11(2)22-10-14(13-6-4-5-7-15(13)22)16(23)17(24)21-12-8-19-18(25-3)20-9-12/h4-11H,1-3H3,(H,21,24). The summed E-state index contributed by atoms with van der Waals surface area (Å²) in [6.07, 6.45) is 4.49. The van der Waals surface area contributed by atoms with Crippen molar-refractivity contribution in [2.45, 2.75) is 19.9 Å². The molecule has 3 rings (SSSR count). The third-order valence-corrected chi connectivity index (χ3v) is 3.82. The second-order valence-corrected chi connectivity index (χ2v) is 5.80. The zero-order valence-corrected chi connectivity index (χ0v) is 14.2. The highest BCUT2D eigenvalue weighted by atomic mass is 16.5. The number of Topliss-reactive ketones (excluding diaryl/α,β-unsaturated/α-hetero) is 1. The van der Waals surface area contributed by atoms with Crippen LogP contribution in [0.15, 0.2) is 42.9 Å². The summed E-state index contributed by atoms with van der Waals surface area (Å²) in [5.74, 6) is -1.34. The van der Waals surface area contributed by atoms with Crippen LogP contribution in [0.3, 0.4) is 0 Å². The molecule has 0 radical (unpaired) electrons. The van der Waals surface area contributed by atoms with Crippen molar-refractivity contribution in [2.24, 2.45) is 0 Å². The molecule has 7 nitrogen and oxygen atoms in total. The minimum absolute atomic E-state index is 0.171. The minimum atomic E-state index is -0.736. The molecular weight excluding hydrogens is 320 g/mol. The number of ether oxygens (including phenoxy) is 1. The predicted molar refractivity (Wildman–Crippen MR) is 93.9 cm³/mol. The molecule has 0 atom stereocenters. The van der Waals surface area contributed by atoms with Crippen molar-refractivity contribution in [1.29, 1.82) is 0 Å². The highest BCUT2D eigenvalue weighted by Crippen LogP contribution is 2.25. The van der Waals surface area contributed by atoms with Gasteiger partial charge in [0.25, 0.3) is 11.7 Å². The number of aromatic nitrogens is 3. The Balaban J connectivity index is 1.89. The average molecular weight is 338 g/mol.